The first-order valence-corrected chi connectivity index (χ1v) is 8.70. The predicted molar refractivity (Wildman–Crippen MR) is 94.3 cm³/mol. The number of amides is 1. The van der Waals surface area contributed by atoms with Crippen LogP contribution in [0.15, 0.2) is 27.8 Å². The topological polar surface area (TPSA) is 102 Å². The monoisotopic (exact) mass is 361 g/mol. The lowest BCUT2D eigenvalue weighted by Crippen LogP contribution is -2.44. The van der Waals surface area contributed by atoms with E-state index in [1.165, 1.54) is 10.9 Å². The molecule has 0 radical (unpaired) electrons. The molecule has 0 bridgehead atoms. The highest BCUT2D eigenvalue weighted by atomic mass is 16.5. The number of anilines is 1. The van der Waals surface area contributed by atoms with Crippen LogP contribution in [0, 0.1) is 0 Å². The maximum absolute atomic E-state index is 12.2. The minimum absolute atomic E-state index is 0.0266. The van der Waals surface area contributed by atoms with Crippen molar-refractivity contribution < 1.29 is 14.1 Å². The van der Waals surface area contributed by atoms with Crippen LogP contribution in [-0.2, 0) is 18.2 Å². The molecule has 9 heteroatoms. The standard InChI is InChI=1S/C17H23N5O4/c1-3-15-14(10-20-26-15)17(24)18-5-4-13-11-22(6-7-25-13)12-8-16(23)21(2)19-9-12/h8-10,13H,3-7,11H2,1-2H3,(H,18,24). The smallest absolute Gasteiger partial charge is 0.268 e. The van der Waals surface area contributed by atoms with Gasteiger partial charge in [-0.2, -0.15) is 5.10 Å². The van der Waals surface area contributed by atoms with Crippen molar-refractivity contribution in [3.8, 4) is 0 Å². The number of ether oxygens (including phenoxy) is 1. The van der Waals surface area contributed by atoms with Gasteiger partial charge in [0.25, 0.3) is 11.5 Å². The van der Waals surface area contributed by atoms with Crippen LogP contribution >= 0.6 is 0 Å². The lowest BCUT2D eigenvalue weighted by atomic mass is 10.1. The first kappa shape index (κ1) is 18.1. The van der Waals surface area contributed by atoms with E-state index in [0.29, 0.717) is 50.4 Å². The zero-order chi connectivity index (χ0) is 18.5. The summed E-state index contributed by atoms with van der Waals surface area (Å²) in [6.45, 7) is 4.32. The summed E-state index contributed by atoms with van der Waals surface area (Å²) in [5.41, 5.74) is 1.13. The molecule has 140 valence electrons. The second-order valence-electron chi connectivity index (χ2n) is 6.18. The SMILES string of the molecule is CCc1oncc1C(=O)NCCC1CN(c2cnn(C)c(=O)c2)CCO1. The fourth-order valence-electron chi connectivity index (χ4n) is 2.91. The maximum Gasteiger partial charge on any atom is 0.268 e. The van der Waals surface area contributed by atoms with Gasteiger partial charge in [-0.15, -0.1) is 0 Å². The van der Waals surface area contributed by atoms with Crippen molar-refractivity contribution in [3.63, 3.8) is 0 Å². The second-order valence-corrected chi connectivity index (χ2v) is 6.18. The van der Waals surface area contributed by atoms with Crippen LogP contribution in [0.1, 0.15) is 29.5 Å². The first-order valence-electron chi connectivity index (χ1n) is 8.70. The van der Waals surface area contributed by atoms with Gasteiger partial charge in [-0.05, 0) is 6.42 Å². The van der Waals surface area contributed by atoms with Gasteiger partial charge >= 0.3 is 0 Å². The summed E-state index contributed by atoms with van der Waals surface area (Å²) >= 11 is 0. The average Bonchev–Trinajstić information content (AvgIpc) is 3.13. The number of hydrogen-bond acceptors (Lipinski definition) is 7. The quantitative estimate of drug-likeness (QED) is 0.792. The molecule has 1 amide bonds. The zero-order valence-electron chi connectivity index (χ0n) is 15.0. The van der Waals surface area contributed by atoms with Gasteiger partial charge in [0.05, 0.1) is 30.8 Å². The van der Waals surface area contributed by atoms with Crippen LogP contribution in [0.25, 0.3) is 0 Å². The molecule has 26 heavy (non-hydrogen) atoms. The Balaban J connectivity index is 1.51. The molecule has 1 unspecified atom stereocenters. The van der Waals surface area contributed by atoms with Gasteiger partial charge in [0, 0.05) is 39.2 Å². The largest absolute Gasteiger partial charge is 0.374 e. The molecule has 0 spiro atoms. The van der Waals surface area contributed by atoms with Crippen molar-refractivity contribution in [2.24, 2.45) is 7.05 Å². The van der Waals surface area contributed by atoms with Crippen LogP contribution < -0.4 is 15.8 Å². The second kappa shape index (κ2) is 8.13. The minimum Gasteiger partial charge on any atom is -0.374 e. The molecule has 2 aromatic rings. The molecule has 1 aliphatic rings. The third-order valence-electron chi connectivity index (χ3n) is 4.42. The average molecular weight is 361 g/mol. The van der Waals surface area contributed by atoms with Gasteiger partial charge in [-0.25, -0.2) is 4.68 Å². The van der Waals surface area contributed by atoms with E-state index in [1.807, 2.05) is 6.92 Å². The normalized spacial score (nSPS) is 17.3. The summed E-state index contributed by atoms with van der Waals surface area (Å²) in [6.07, 6.45) is 4.39. The summed E-state index contributed by atoms with van der Waals surface area (Å²) < 4.78 is 12.1. The van der Waals surface area contributed by atoms with Crippen molar-refractivity contribution in [1.82, 2.24) is 20.3 Å². The van der Waals surface area contributed by atoms with E-state index in [4.69, 9.17) is 9.26 Å². The summed E-state index contributed by atoms with van der Waals surface area (Å²) in [6, 6.07) is 1.58. The van der Waals surface area contributed by atoms with Gasteiger partial charge in [0.2, 0.25) is 0 Å². The highest BCUT2D eigenvalue weighted by Gasteiger charge is 2.22. The summed E-state index contributed by atoms with van der Waals surface area (Å²) in [7, 11) is 1.62. The van der Waals surface area contributed by atoms with Crippen molar-refractivity contribution >= 4 is 11.6 Å². The van der Waals surface area contributed by atoms with E-state index in [9.17, 15) is 9.59 Å². The van der Waals surface area contributed by atoms with Crippen LogP contribution in [0.3, 0.4) is 0 Å². The summed E-state index contributed by atoms with van der Waals surface area (Å²) in [5.74, 6) is 0.396. The molecule has 3 heterocycles. The van der Waals surface area contributed by atoms with Crippen molar-refractivity contribution in [2.45, 2.75) is 25.9 Å². The van der Waals surface area contributed by atoms with E-state index in [2.05, 4.69) is 20.5 Å². The molecule has 1 aliphatic heterocycles. The molecule has 1 atom stereocenters. The maximum atomic E-state index is 12.2. The Labute approximate surface area is 150 Å². The van der Waals surface area contributed by atoms with Crippen molar-refractivity contribution in [1.29, 1.82) is 0 Å². The fraction of sp³-hybridized carbons (Fsp3) is 0.529. The summed E-state index contributed by atoms with van der Waals surface area (Å²) in [4.78, 5) is 26.0. The molecule has 9 nitrogen and oxygen atoms in total. The fourth-order valence-corrected chi connectivity index (χ4v) is 2.91. The Hall–Kier alpha value is -2.68. The van der Waals surface area contributed by atoms with Crippen LogP contribution in [0.4, 0.5) is 5.69 Å². The Bertz CT molecular complexity index is 815. The third-order valence-corrected chi connectivity index (χ3v) is 4.42. The van der Waals surface area contributed by atoms with Crippen LogP contribution in [0.2, 0.25) is 0 Å². The van der Waals surface area contributed by atoms with Gasteiger partial charge in [0.1, 0.15) is 11.3 Å². The number of carbonyl (C=O) groups is 1. The van der Waals surface area contributed by atoms with E-state index in [0.717, 1.165) is 5.69 Å². The van der Waals surface area contributed by atoms with E-state index < -0.39 is 0 Å². The number of rotatable bonds is 6. The van der Waals surface area contributed by atoms with Gasteiger partial charge in [0.15, 0.2) is 0 Å². The van der Waals surface area contributed by atoms with E-state index in [-0.39, 0.29) is 17.6 Å². The Morgan fingerprint density at radius 3 is 3.04 bits per heavy atom. The molecule has 1 fully saturated rings. The number of aromatic nitrogens is 3. The molecule has 2 aromatic heterocycles. The lowest BCUT2D eigenvalue weighted by Gasteiger charge is -2.34. The lowest BCUT2D eigenvalue weighted by molar-refractivity contribution is 0.0353. The van der Waals surface area contributed by atoms with Gasteiger partial charge in [-0.1, -0.05) is 12.1 Å². The number of nitrogens with zero attached hydrogens (tertiary/aromatic N) is 4. The molecule has 0 aromatic carbocycles. The van der Waals surface area contributed by atoms with Crippen molar-refractivity contribution in [3.05, 3.63) is 40.1 Å². The Morgan fingerprint density at radius 1 is 1.42 bits per heavy atom. The number of morpholine rings is 1. The van der Waals surface area contributed by atoms with E-state index in [1.54, 1.807) is 19.3 Å². The van der Waals surface area contributed by atoms with Crippen LogP contribution in [0.5, 0.6) is 0 Å². The molecular formula is C17H23N5O4. The van der Waals surface area contributed by atoms with E-state index >= 15 is 0 Å². The number of aryl methyl sites for hydroxylation is 2. The number of nitrogens with one attached hydrogen (secondary N) is 1. The molecule has 0 aliphatic carbocycles. The Kier molecular flexibility index (Phi) is 5.67. The number of carbonyl (C=O) groups excluding carboxylic acids is 1. The zero-order valence-corrected chi connectivity index (χ0v) is 15.0. The van der Waals surface area contributed by atoms with Gasteiger partial charge in [-0.3, -0.25) is 9.59 Å². The Morgan fingerprint density at radius 2 is 2.27 bits per heavy atom. The molecule has 3 rings (SSSR count). The molecule has 0 saturated carbocycles. The predicted octanol–water partition coefficient (Wildman–Crippen LogP) is 0.356. The van der Waals surface area contributed by atoms with Crippen molar-refractivity contribution in [2.75, 3.05) is 31.1 Å². The van der Waals surface area contributed by atoms with Crippen LogP contribution in [-0.4, -0.2) is 53.2 Å². The molecule has 1 N–H and O–H groups in total. The molecule has 1 saturated heterocycles. The number of hydrogen-bond donors (Lipinski definition) is 1. The first-order chi connectivity index (χ1) is 12.6. The highest BCUT2D eigenvalue weighted by molar-refractivity contribution is 5.94. The summed E-state index contributed by atoms with van der Waals surface area (Å²) in [5, 5.41) is 10.6. The molecular weight excluding hydrogens is 338 g/mol. The third kappa shape index (κ3) is 4.10. The minimum atomic E-state index is -0.188. The highest BCUT2D eigenvalue weighted by Crippen LogP contribution is 2.16. The van der Waals surface area contributed by atoms with Gasteiger partial charge < -0.3 is 19.5 Å².